The summed E-state index contributed by atoms with van der Waals surface area (Å²) in [6, 6.07) is 16.7. The van der Waals surface area contributed by atoms with Crippen molar-refractivity contribution in [3.8, 4) is 5.75 Å². The van der Waals surface area contributed by atoms with E-state index < -0.39 is 11.1 Å². The summed E-state index contributed by atoms with van der Waals surface area (Å²) >= 11 is -1.93. The van der Waals surface area contributed by atoms with Gasteiger partial charge in [-0.05, 0) is 29.8 Å². The van der Waals surface area contributed by atoms with Crippen LogP contribution in [0.3, 0.4) is 0 Å². The van der Waals surface area contributed by atoms with Crippen LogP contribution in [0.4, 0.5) is 0 Å². The molecule has 0 heterocycles. The van der Waals surface area contributed by atoms with Crippen LogP contribution in [-0.2, 0) is 17.5 Å². The van der Waals surface area contributed by atoms with Crippen LogP contribution in [0.2, 0.25) is 0 Å². The Morgan fingerprint density at radius 3 is 2.28 bits per heavy atom. The first kappa shape index (κ1) is 12.8. The molecule has 0 aliphatic rings. The summed E-state index contributed by atoms with van der Waals surface area (Å²) in [7, 11) is 0. The fraction of sp³-hybridized carbons (Fsp3) is 0.143. The first-order valence-corrected chi connectivity index (χ1v) is 6.74. The van der Waals surface area contributed by atoms with Gasteiger partial charge >= 0.3 is 0 Å². The minimum Gasteiger partial charge on any atom is -0.493 e. The van der Waals surface area contributed by atoms with Crippen molar-refractivity contribution < 1.29 is 13.5 Å². The van der Waals surface area contributed by atoms with Crippen LogP contribution in [0.5, 0.6) is 5.75 Å². The van der Waals surface area contributed by atoms with Gasteiger partial charge in [0.05, 0.1) is 11.5 Å². The SMILES string of the molecule is O=S(O)c1ccc(OCCc2ccccc2)cc1. The Bertz CT molecular complexity index is 508. The smallest absolute Gasteiger partial charge is 0.186 e. The van der Waals surface area contributed by atoms with Gasteiger partial charge in [-0.25, -0.2) is 4.21 Å². The van der Waals surface area contributed by atoms with Crippen molar-refractivity contribution in [1.82, 2.24) is 0 Å². The first-order valence-electron chi connectivity index (χ1n) is 5.63. The summed E-state index contributed by atoms with van der Waals surface area (Å²) in [6.07, 6.45) is 0.842. The quantitative estimate of drug-likeness (QED) is 0.843. The van der Waals surface area contributed by atoms with Crippen LogP contribution < -0.4 is 4.74 Å². The van der Waals surface area contributed by atoms with Crippen molar-refractivity contribution in [2.45, 2.75) is 11.3 Å². The van der Waals surface area contributed by atoms with E-state index in [-0.39, 0.29) is 0 Å². The molecule has 3 nitrogen and oxygen atoms in total. The lowest BCUT2D eigenvalue weighted by Gasteiger charge is -2.06. The summed E-state index contributed by atoms with van der Waals surface area (Å²) in [6.45, 7) is 0.589. The summed E-state index contributed by atoms with van der Waals surface area (Å²) < 4.78 is 25.2. The zero-order valence-corrected chi connectivity index (χ0v) is 10.6. The molecule has 94 valence electrons. The zero-order valence-electron chi connectivity index (χ0n) is 9.78. The number of benzene rings is 2. The maximum atomic E-state index is 10.8. The Kier molecular flexibility index (Phi) is 4.50. The molecule has 0 radical (unpaired) electrons. The van der Waals surface area contributed by atoms with E-state index in [4.69, 9.17) is 9.29 Å². The van der Waals surface area contributed by atoms with E-state index in [1.807, 2.05) is 18.2 Å². The lowest BCUT2D eigenvalue weighted by molar-refractivity contribution is 0.321. The fourth-order valence-corrected chi connectivity index (χ4v) is 1.95. The van der Waals surface area contributed by atoms with E-state index >= 15 is 0 Å². The first-order chi connectivity index (χ1) is 8.75. The molecule has 2 rings (SSSR count). The molecular weight excluding hydrogens is 248 g/mol. The Balaban J connectivity index is 1.85. The predicted octanol–water partition coefficient (Wildman–Crippen LogP) is 2.89. The number of ether oxygens (including phenoxy) is 1. The second kappa shape index (κ2) is 6.33. The Morgan fingerprint density at radius 1 is 1.00 bits per heavy atom. The van der Waals surface area contributed by atoms with E-state index in [1.165, 1.54) is 5.56 Å². The lowest BCUT2D eigenvalue weighted by Crippen LogP contribution is -2.01. The van der Waals surface area contributed by atoms with Crippen LogP contribution in [-0.4, -0.2) is 15.4 Å². The molecule has 1 N–H and O–H groups in total. The third-order valence-electron chi connectivity index (χ3n) is 2.53. The Morgan fingerprint density at radius 2 is 1.67 bits per heavy atom. The van der Waals surface area contributed by atoms with E-state index in [0.717, 1.165) is 6.42 Å². The van der Waals surface area contributed by atoms with Crippen molar-refractivity contribution in [2.24, 2.45) is 0 Å². The van der Waals surface area contributed by atoms with Gasteiger partial charge in [0.25, 0.3) is 0 Å². The molecule has 4 heteroatoms. The lowest BCUT2D eigenvalue weighted by atomic mass is 10.2. The molecule has 0 amide bonds. The third-order valence-corrected chi connectivity index (χ3v) is 3.20. The fourth-order valence-electron chi connectivity index (χ4n) is 1.58. The maximum Gasteiger partial charge on any atom is 0.186 e. The second-order valence-electron chi connectivity index (χ2n) is 3.80. The summed E-state index contributed by atoms with van der Waals surface area (Å²) in [5.74, 6) is 0.708. The average molecular weight is 262 g/mol. The van der Waals surface area contributed by atoms with Crippen molar-refractivity contribution >= 4 is 11.1 Å². The van der Waals surface area contributed by atoms with E-state index in [2.05, 4.69) is 12.1 Å². The molecule has 2 aromatic rings. The highest BCUT2D eigenvalue weighted by Gasteiger charge is 2.00. The Hall–Kier alpha value is -1.65. The monoisotopic (exact) mass is 262 g/mol. The van der Waals surface area contributed by atoms with Gasteiger partial charge in [-0.1, -0.05) is 30.3 Å². The number of rotatable bonds is 5. The Labute approximate surface area is 109 Å². The molecule has 18 heavy (non-hydrogen) atoms. The molecule has 0 saturated carbocycles. The molecule has 2 aromatic carbocycles. The van der Waals surface area contributed by atoms with E-state index in [9.17, 15) is 4.21 Å². The highest BCUT2D eigenvalue weighted by molar-refractivity contribution is 7.79. The van der Waals surface area contributed by atoms with E-state index in [0.29, 0.717) is 17.3 Å². The minimum atomic E-state index is -1.93. The summed E-state index contributed by atoms with van der Waals surface area (Å²) in [5, 5.41) is 0. The number of hydrogen-bond acceptors (Lipinski definition) is 2. The van der Waals surface area contributed by atoms with Crippen molar-refractivity contribution in [1.29, 1.82) is 0 Å². The average Bonchev–Trinajstić information content (AvgIpc) is 2.40. The van der Waals surface area contributed by atoms with Gasteiger partial charge in [-0.15, -0.1) is 0 Å². The highest BCUT2D eigenvalue weighted by atomic mass is 32.2. The summed E-state index contributed by atoms with van der Waals surface area (Å²) in [4.78, 5) is 0.380. The van der Waals surface area contributed by atoms with Crippen molar-refractivity contribution in [3.05, 3.63) is 60.2 Å². The van der Waals surface area contributed by atoms with E-state index in [1.54, 1.807) is 24.3 Å². The van der Waals surface area contributed by atoms with Crippen LogP contribution in [0.1, 0.15) is 5.56 Å². The number of hydrogen-bond donors (Lipinski definition) is 1. The van der Waals surface area contributed by atoms with Gasteiger partial charge in [-0.3, -0.25) is 0 Å². The second-order valence-corrected chi connectivity index (χ2v) is 4.77. The minimum absolute atomic E-state index is 0.380. The highest BCUT2D eigenvalue weighted by Crippen LogP contribution is 2.14. The molecule has 0 saturated heterocycles. The van der Waals surface area contributed by atoms with Crippen molar-refractivity contribution in [3.63, 3.8) is 0 Å². The predicted molar refractivity (Wildman–Crippen MR) is 71.1 cm³/mol. The third kappa shape index (κ3) is 3.68. The zero-order chi connectivity index (χ0) is 12.8. The van der Waals surface area contributed by atoms with Gasteiger partial charge in [0.15, 0.2) is 11.1 Å². The molecule has 0 bridgehead atoms. The maximum absolute atomic E-state index is 10.8. The molecule has 0 aromatic heterocycles. The standard InChI is InChI=1S/C14H14O3S/c15-18(16)14-8-6-13(7-9-14)17-11-10-12-4-2-1-3-5-12/h1-9H,10-11H2,(H,15,16). The molecule has 0 fully saturated rings. The van der Waals surface area contributed by atoms with Crippen LogP contribution in [0.25, 0.3) is 0 Å². The molecule has 0 aliphatic carbocycles. The normalized spacial score (nSPS) is 12.1. The van der Waals surface area contributed by atoms with Gasteiger partial charge in [0.1, 0.15) is 5.75 Å². The molecule has 0 spiro atoms. The van der Waals surface area contributed by atoms with Gasteiger partial charge in [0.2, 0.25) is 0 Å². The molecule has 1 unspecified atom stereocenters. The van der Waals surface area contributed by atoms with Gasteiger partial charge < -0.3 is 9.29 Å². The molecule has 1 atom stereocenters. The van der Waals surface area contributed by atoms with Crippen molar-refractivity contribution in [2.75, 3.05) is 6.61 Å². The van der Waals surface area contributed by atoms with Crippen LogP contribution in [0, 0.1) is 0 Å². The topological polar surface area (TPSA) is 46.5 Å². The molecular formula is C14H14O3S. The van der Waals surface area contributed by atoms with Crippen LogP contribution >= 0.6 is 0 Å². The largest absolute Gasteiger partial charge is 0.493 e. The van der Waals surface area contributed by atoms with Gasteiger partial charge in [0, 0.05) is 6.42 Å². The molecule has 0 aliphatic heterocycles. The van der Waals surface area contributed by atoms with Gasteiger partial charge in [-0.2, -0.15) is 0 Å². The summed E-state index contributed by atoms with van der Waals surface area (Å²) in [5.41, 5.74) is 1.23. The van der Waals surface area contributed by atoms with Crippen LogP contribution in [0.15, 0.2) is 59.5 Å².